The van der Waals surface area contributed by atoms with Gasteiger partial charge in [-0.1, -0.05) is 144 Å². The summed E-state index contributed by atoms with van der Waals surface area (Å²) in [5, 5.41) is 4.15. The van der Waals surface area contributed by atoms with Gasteiger partial charge in [0.25, 0.3) is 16.6 Å². The Morgan fingerprint density at radius 3 is 0.865 bits per heavy atom. The van der Waals surface area contributed by atoms with Gasteiger partial charge in [-0.05, 0) is 20.7 Å². The van der Waals surface area contributed by atoms with Crippen LogP contribution >= 0.6 is 0 Å². The van der Waals surface area contributed by atoms with Gasteiger partial charge in [0.05, 0.1) is 0 Å². The molecule has 0 radical (unpaired) electrons. The van der Waals surface area contributed by atoms with Crippen molar-refractivity contribution < 1.29 is 8.23 Å². The summed E-state index contributed by atoms with van der Waals surface area (Å²) in [5.74, 6) is 0. The second-order valence-corrected chi connectivity index (χ2v) is 18.7. The Kier molecular flexibility index (Phi) is 8.33. The van der Waals surface area contributed by atoms with Gasteiger partial charge in [0, 0.05) is 0 Å². The van der Waals surface area contributed by atoms with E-state index in [1.807, 2.05) is 95.6 Å². The standard InChI is InChI=1S/C32H32O2Si3/c1-5-35(6-2,29-21-13-9-14-22-29)33-37(31-25-17-11-18-26-31,32-27-19-12-20-28-32)34-36(7-3,8-4)30-23-15-10-16-24-30/h5-28H,1-4H2. The van der Waals surface area contributed by atoms with Crippen LogP contribution < -0.4 is 20.7 Å². The molecule has 0 aliphatic heterocycles. The van der Waals surface area contributed by atoms with E-state index in [0.29, 0.717) is 0 Å². The van der Waals surface area contributed by atoms with Crippen LogP contribution in [0.3, 0.4) is 0 Å². The van der Waals surface area contributed by atoms with Gasteiger partial charge in [-0.2, -0.15) is 0 Å². The van der Waals surface area contributed by atoms with Crippen molar-refractivity contribution in [1.82, 2.24) is 0 Å². The Labute approximate surface area is 224 Å². The molecule has 4 aromatic carbocycles. The third-order valence-corrected chi connectivity index (χ3v) is 18.7. The maximum absolute atomic E-state index is 7.52. The Morgan fingerprint density at radius 1 is 0.378 bits per heavy atom. The van der Waals surface area contributed by atoms with Crippen LogP contribution in [0, 0.1) is 0 Å². The molecule has 0 heterocycles. The molecule has 5 heteroatoms. The fourth-order valence-electron chi connectivity index (χ4n) is 4.53. The lowest BCUT2D eigenvalue weighted by molar-refractivity contribution is 0.428. The summed E-state index contributed by atoms with van der Waals surface area (Å²) >= 11 is 0. The molecular formula is C32H32O2Si3. The van der Waals surface area contributed by atoms with E-state index in [2.05, 4.69) is 74.8 Å². The van der Waals surface area contributed by atoms with Crippen LogP contribution in [0.2, 0.25) is 0 Å². The minimum absolute atomic E-state index is 1.01. The molecule has 0 unspecified atom stereocenters. The first-order chi connectivity index (χ1) is 18.1. The summed E-state index contributed by atoms with van der Waals surface area (Å²) in [7, 11) is -9.29. The summed E-state index contributed by atoms with van der Waals surface area (Å²) in [6.45, 7) is 17.0. The molecule has 0 aliphatic carbocycles. The Bertz CT molecular complexity index is 1220. The molecule has 37 heavy (non-hydrogen) atoms. The highest BCUT2D eigenvalue weighted by atomic mass is 28.5. The third-order valence-electron chi connectivity index (χ3n) is 6.60. The zero-order valence-electron chi connectivity index (χ0n) is 21.0. The van der Waals surface area contributed by atoms with Gasteiger partial charge >= 0.3 is 8.56 Å². The van der Waals surface area contributed by atoms with Crippen molar-refractivity contribution in [2.45, 2.75) is 0 Å². The fourth-order valence-corrected chi connectivity index (χ4v) is 17.3. The van der Waals surface area contributed by atoms with E-state index >= 15 is 0 Å². The first-order valence-electron chi connectivity index (χ1n) is 12.2. The van der Waals surface area contributed by atoms with Gasteiger partial charge < -0.3 is 8.23 Å². The average Bonchev–Trinajstić information content (AvgIpc) is 3.00. The summed E-state index contributed by atoms with van der Waals surface area (Å²) in [6, 6.07) is 41.1. The number of rotatable bonds is 12. The van der Waals surface area contributed by atoms with Crippen LogP contribution in [0.4, 0.5) is 0 Å². The molecule has 0 saturated carbocycles. The average molecular weight is 533 g/mol. The van der Waals surface area contributed by atoms with E-state index in [0.717, 1.165) is 20.7 Å². The topological polar surface area (TPSA) is 18.5 Å². The maximum atomic E-state index is 7.52. The summed E-state index contributed by atoms with van der Waals surface area (Å²) in [6.07, 6.45) is 0. The molecule has 0 bridgehead atoms. The monoisotopic (exact) mass is 532 g/mol. The minimum Gasteiger partial charge on any atom is -0.419 e. The van der Waals surface area contributed by atoms with Crippen molar-refractivity contribution >= 4 is 45.9 Å². The van der Waals surface area contributed by atoms with E-state index in [-0.39, 0.29) is 0 Å². The lowest BCUT2D eigenvalue weighted by Gasteiger charge is -2.43. The van der Waals surface area contributed by atoms with Crippen LogP contribution in [0.1, 0.15) is 0 Å². The second-order valence-electron chi connectivity index (χ2n) is 8.69. The minimum atomic E-state index is -3.43. The molecule has 0 aromatic heterocycles. The van der Waals surface area contributed by atoms with Crippen LogP contribution in [-0.2, 0) is 8.23 Å². The molecule has 0 saturated heterocycles. The largest absolute Gasteiger partial charge is 0.419 e. The van der Waals surface area contributed by atoms with Crippen molar-refractivity contribution in [2.75, 3.05) is 0 Å². The van der Waals surface area contributed by atoms with Crippen LogP contribution in [0.25, 0.3) is 0 Å². The first kappa shape index (κ1) is 26.5. The normalized spacial score (nSPS) is 11.9. The highest BCUT2D eigenvalue weighted by Gasteiger charge is 2.53. The Morgan fingerprint density at radius 2 is 0.622 bits per heavy atom. The Balaban J connectivity index is 2.05. The van der Waals surface area contributed by atoms with Gasteiger partial charge in [-0.25, -0.2) is 0 Å². The predicted molar refractivity (Wildman–Crippen MR) is 165 cm³/mol. The molecule has 0 aliphatic rings. The van der Waals surface area contributed by atoms with Crippen molar-refractivity contribution in [3.8, 4) is 0 Å². The van der Waals surface area contributed by atoms with Gasteiger partial charge in [-0.3, -0.25) is 0 Å². The van der Waals surface area contributed by atoms with E-state index < -0.39 is 25.2 Å². The highest BCUT2D eigenvalue weighted by Crippen LogP contribution is 2.24. The molecule has 0 amide bonds. The van der Waals surface area contributed by atoms with Crippen LogP contribution in [0.5, 0.6) is 0 Å². The molecule has 4 aromatic rings. The van der Waals surface area contributed by atoms with Crippen molar-refractivity contribution in [3.05, 3.63) is 170 Å². The lowest BCUT2D eigenvalue weighted by atomic mass is 10.4. The van der Waals surface area contributed by atoms with Crippen molar-refractivity contribution in [1.29, 1.82) is 0 Å². The van der Waals surface area contributed by atoms with Gasteiger partial charge in [0.15, 0.2) is 0 Å². The highest BCUT2D eigenvalue weighted by molar-refractivity contribution is 7.10. The molecule has 0 atom stereocenters. The van der Waals surface area contributed by atoms with E-state index in [4.69, 9.17) is 8.23 Å². The molecule has 184 valence electrons. The first-order valence-corrected chi connectivity index (χ1v) is 18.2. The zero-order chi connectivity index (χ0) is 26.2. The van der Waals surface area contributed by atoms with Gasteiger partial charge in [0.1, 0.15) is 0 Å². The zero-order valence-corrected chi connectivity index (χ0v) is 24.0. The maximum Gasteiger partial charge on any atom is 0.387 e. The fraction of sp³-hybridized carbons (Fsp3) is 0. The van der Waals surface area contributed by atoms with Crippen LogP contribution in [0.15, 0.2) is 170 Å². The predicted octanol–water partition coefficient (Wildman–Crippen LogP) is 4.88. The Hall–Kier alpha value is -3.59. The molecule has 4 rings (SSSR count). The SMILES string of the molecule is C=C[Si](C=C)(O[Si](O[Si](C=C)(C=C)c1ccccc1)(c1ccccc1)c1ccccc1)c1ccccc1. The van der Waals surface area contributed by atoms with E-state index in [1.54, 1.807) is 0 Å². The number of hydrogen-bond acceptors (Lipinski definition) is 2. The molecule has 0 N–H and O–H groups in total. The number of benzene rings is 4. The van der Waals surface area contributed by atoms with Crippen molar-refractivity contribution in [2.24, 2.45) is 0 Å². The third kappa shape index (κ3) is 5.13. The molecule has 0 fully saturated rings. The summed E-state index contributed by atoms with van der Waals surface area (Å²) in [4.78, 5) is 0. The molecular weight excluding hydrogens is 501 g/mol. The summed E-state index contributed by atoms with van der Waals surface area (Å²) in [5.41, 5.74) is 7.78. The molecule has 2 nitrogen and oxygen atoms in total. The quantitative estimate of drug-likeness (QED) is 0.242. The van der Waals surface area contributed by atoms with Gasteiger partial charge in [0.2, 0.25) is 0 Å². The lowest BCUT2D eigenvalue weighted by Crippen LogP contribution is -2.74. The number of hydrogen-bond donors (Lipinski definition) is 0. The van der Waals surface area contributed by atoms with Gasteiger partial charge in [-0.15, -0.1) is 26.3 Å². The molecule has 0 spiro atoms. The van der Waals surface area contributed by atoms with Crippen molar-refractivity contribution in [3.63, 3.8) is 0 Å². The second kappa shape index (κ2) is 11.6. The summed E-state index contributed by atoms with van der Waals surface area (Å²) < 4.78 is 15.0. The van der Waals surface area contributed by atoms with E-state index in [9.17, 15) is 0 Å². The van der Waals surface area contributed by atoms with E-state index in [1.165, 1.54) is 0 Å². The van der Waals surface area contributed by atoms with Crippen LogP contribution in [-0.4, -0.2) is 25.2 Å². The smallest absolute Gasteiger partial charge is 0.387 e.